The molecular weight excluding hydrogens is 182 g/mol. The van der Waals surface area contributed by atoms with Crippen molar-refractivity contribution < 1.29 is 0 Å². The fraction of sp³-hybridized carbons (Fsp3) is 1.00. The van der Waals surface area contributed by atoms with Gasteiger partial charge < -0.3 is 5.32 Å². The van der Waals surface area contributed by atoms with Crippen LogP contribution in [0.4, 0.5) is 0 Å². The lowest BCUT2D eigenvalue weighted by atomic mass is 9.75. The molecule has 1 nitrogen and oxygen atoms in total. The van der Waals surface area contributed by atoms with Crippen molar-refractivity contribution in [2.75, 3.05) is 6.54 Å². The predicted molar refractivity (Wildman–Crippen MR) is 63.9 cm³/mol. The summed E-state index contributed by atoms with van der Waals surface area (Å²) in [7, 11) is 0. The van der Waals surface area contributed by atoms with Crippen LogP contribution in [0.25, 0.3) is 0 Å². The Morgan fingerprint density at radius 3 is 2.20 bits per heavy atom. The first-order chi connectivity index (χ1) is 7.42. The smallest absolute Gasteiger partial charge is 0.0237 e. The Morgan fingerprint density at radius 1 is 0.733 bits per heavy atom. The van der Waals surface area contributed by atoms with Crippen molar-refractivity contribution in [3.05, 3.63) is 0 Å². The molecule has 1 heteroatoms. The molecule has 0 bridgehead atoms. The highest BCUT2D eigenvalue weighted by Crippen LogP contribution is 2.51. The summed E-state index contributed by atoms with van der Waals surface area (Å²) in [6.45, 7) is 1.30. The summed E-state index contributed by atoms with van der Waals surface area (Å²) in [5.74, 6) is 2.08. The minimum Gasteiger partial charge on any atom is -0.311 e. The van der Waals surface area contributed by atoms with Gasteiger partial charge in [-0.15, -0.1) is 0 Å². The third-order valence-electron chi connectivity index (χ3n) is 5.11. The van der Waals surface area contributed by atoms with Gasteiger partial charge >= 0.3 is 0 Å². The van der Waals surface area contributed by atoms with E-state index in [4.69, 9.17) is 0 Å². The van der Waals surface area contributed by atoms with Gasteiger partial charge in [0, 0.05) is 5.54 Å². The Bertz CT molecular complexity index is 205. The fourth-order valence-corrected chi connectivity index (χ4v) is 4.20. The van der Waals surface area contributed by atoms with Crippen molar-refractivity contribution >= 4 is 0 Å². The molecule has 3 rings (SSSR count). The molecule has 0 aromatic heterocycles. The van der Waals surface area contributed by atoms with Crippen LogP contribution in [-0.2, 0) is 0 Å². The van der Waals surface area contributed by atoms with Gasteiger partial charge in [-0.1, -0.05) is 25.7 Å². The second kappa shape index (κ2) is 4.08. The Hall–Kier alpha value is -0.0400. The summed E-state index contributed by atoms with van der Waals surface area (Å²) >= 11 is 0. The number of rotatable bonds is 2. The highest BCUT2D eigenvalue weighted by atomic mass is 15.0. The van der Waals surface area contributed by atoms with Crippen molar-refractivity contribution in [1.82, 2.24) is 5.32 Å². The summed E-state index contributed by atoms with van der Waals surface area (Å²) in [5.41, 5.74) is 0.604. The molecule has 15 heavy (non-hydrogen) atoms. The molecule has 3 fully saturated rings. The molecule has 0 radical (unpaired) electrons. The zero-order valence-corrected chi connectivity index (χ0v) is 9.93. The molecule has 0 amide bonds. The van der Waals surface area contributed by atoms with E-state index in [9.17, 15) is 0 Å². The Morgan fingerprint density at radius 2 is 1.47 bits per heavy atom. The van der Waals surface area contributed by atoms with Gasteiger partial charge in [0.25, 0.3) is 0 Å². The van der Waals surface area contributed by atoms with Gasteiger partial charge in [0.05, 0.1) is 0 Å². The van der Waals surface area contributed by atoms with E-state index in [0.717, 1.165) is 11.8 Å². The van der Waals surface area contributed by atoms with Gasteiger partial charge in [0.15, 0.2) is 0 Å². The molecule has 1 saturated heterocycles. The first kappa shape index (κ1) is 10.1. The van der Waals surface area contributed by atoms with Gasteiger partial charge in [0.2, 0.25) is 0 Å². The van der Waals surface area contributed by atoms with Crippen LogP contribution in [-0.4, -0.2) is 12.1 Å². The molecule has 0 spiro atoms. The molecule has 1 aliphatic heterocycles. The maximum absolute atomic E-state index is 4.00. The van der Waals surface area contributed by atoms with Crippen molar-refractivity contribution in [1.29, 1.82) is 0 Å². The Labute approximate surface area is 94.0 Å². The van der Waals surface area contributed by atoms with Crippen LogP contribution < -0.4 is 5.32 Å². The lowest BCUT2D eigenvalue weighted by Gasteiger charge is -2.40. The maximum Gasteiger partial charge on any atom is 0.0237 e. The molecule has 2 saturated carbocycles. The first-order valence-electron chi connectivity index (χ1n) is 7.17. The van der Waals surface area contributed by atoms with E-state index < -0.39 is 0 Å². The van der Waals surface area contributed by atoms with E-state index in [1.807, 2.05) is 0 Å². The molecule has 2 aliphatic carbocycles. The Balaban J connectivity index is 1.78. The second-order valence-corrected chi connectivity index (χ2v) is 6.03. The molecule has 3 aliphatic rings. The molecule has 0 aromatic carbocycles. The van der Waals surface area contributed by atoms with Crippen molar-refractivity contribution in [2.24, 2.45) is 11.8 Å². The lowest BCUT2D eigenvalue weighted by molar-refractivity contribution is 0.170. The predicted octanol–water partition coefficient (Wildman–Crippen LogP) is 3.49. The summed E-state index contributed by atoms with van der Waals surface area (Å²) in [6, 6.07) is 0. The summed E-state index contributed by atoms with van der Waals surface area (Å²) < 4.78 is 0. The highest BCUT2D eigenvalue weighted by molar-refractivity contribution is 5.06. The van der Waals surface area contributed by atoms with E-state index in [2.05, 4.69) is 5.32 Å². The first-order valence-corrected chi connectivity index (χ1v) is 7.17. The summed E-state index contributed by atoms with van der Waals surface area (Å²) in [5, 5.41) is 4.00. The molecule has 1 atom stereocenters. The normalized spacial score (nSPS) is 39.2. The van der Waals surface area contributed by atoms with E-state index in [1.165, 1.54) is 70.8 Å². The Kier molecular flexibility index (Phi) is 2.76. The minimum atomic E-state index is 0.604. The van der Waals surface area contributed by atoms with Gasteiger partial charge in [0.1, 0.15) is 0 Å². The monoisotopic (exact) mass is 207 g/mol. The SMILES string of the molecule is C1CCNC(C2CCCC2)(C2CC2)CC1. The van der Waals surface area contributed by atoms with Gasteiger partial charge in [-0.25, -0.2) is 0 Å². The van der Waals surface area contributed by atoms with Gasteiger partial charge in [-0.05, 0) is 56.9 Å². The fourth-order valence-electron chi connectivity index (χ4n) is 4.20. The largest absolute Gasteiger partial charge is 0.311 e. The van der Waals surface area contributed by atoms with E-state index >= 15 is 0 Å². The molecule has 1 N–H and O–H groups in total. The summed E-state index contributed by atoms with van der Waals surface area (Å²) in [4.78, 5) is 0. The average Bonchev–Trinajstić information content (AvgIpc) is 3.01. The molecule has 86 valence electrons. The topological polar surface area (TPSA) is 12.0 Å². The van der Waals surface area contributed by atoms with E-state index in [0.29, 0.717) is 5.54 Å². The molecule has 0 aromatic rings. The summed E-state index contributed by atoms with van der Waals surface area (Å²) in [6.07, 6.45) is 14.9. The van der Waals surface area contributed by atoms with Crippen LogP contribution >= 0.6 is 0 Å². The van der Waals surface area contributed by atoms with Gasteiger partial charge in [-0.3, -0.25) is 0 Å². The van der Waals surface area contributed by atoms with Crippen molar-refractivity contribution in [3.8, 4) is 0 Å². The number of hydrogen-bond donors (Lipinski definition) is 1. The van der Waals surface area contributed by atoms with Crippen LogP contribution in [0.2, 0.25) is 0 Å². The van der Waals surface area contributed by atoms with Crippen molar-refractivity contribution in [2.45, 2.75) is 69.7 Å². The highest BCUT2D eigenvalue weighted by Gasteiger charge is 2.50. The molecule has 1 unspecified atom stereocenters. The van der Waals surface area contributed by atoms with Crippen molar-refractivity contribution in [3.63, 3.8) is 0 Å². The van der Waals surface area contributed by atoms with E-state index in [-0.39, 0.29) is 0 Å². The van der Waals surface area contributed by atoms with E-state index in [1.54, 1.807) is 0 Å². The molecular formula is C14H25N. The average molecular weight is 207 g/mol. The van der Waals surface area contributed by atoms with Gasteiger partial charge in [-0.2, -0.15) is 0 Å². The van der Waals surface area contributed by atoms with Crippen LogP contribution in [0, 0.1) is 11.8 Å². The number of hydrogen-bond acceptors (Lipinski definition) is 1. The number of nitrogens with one attached hydrogen (secondary N) is 1. The van der Waals surface area contributed by atoms with Crippen LogP contribution in [0.3, 0.4) is 0 Å². The quantitative estimate of drug-likeness (QED) is 0.731. The lowest BCUT2D eigenvalue weighted by Crippen LogP contribution is -2.52. The molecule has 1 heterocycles. The minimum absolute atomic E-state index is 0.604. The van der Waals surface area contributed by atoms with Crippen LogP contribution in [0.1, 0.15) is 64.2 Å². The third kappa shape index (κ3) is 1.84. The maximum atomic E-state index is 4.00. The zero-order valence-electron chi connectivity index (χ0n) is 9.93. The third-order valence-corrected chi connectivity index (χ3v) is 5.11. The second-order valence-electron chi connectivity index (χ2n) is 6.03. The van der Waals surface area contributed by atoms with Crippen LogP contribution in [0.15, 0.2) is 0 Å². The zero-order chi connectivity index (χ0) is 10.1. The standard InChI is InChI=1S/C14H25N/c1-4-10-14(13-8-9-13,15-11-5-1)12-6-2-3-7-12/h12-13,15H,1-11H2. The van der Waals surface area contributed by atoms with Crippen LogP contribution in [0.5, 0.6) is 0 Å².